The first kappa shape index (κ1) is 45.4. The summed E-state index contributed by atoms with van der Waals surface area (Å²) in [6.45, 7) is -1.39. The van der Waals surface area contributed by atoms with Crippen molar-refractivity contribution in [2.75, 3.05) is 20.3 Å². The maximum atomic E-state index is 11.8. The number of carbonyl (C=O) groups is 4. The second kappa shape index (κ2) is 19.6. The van der Waals surface area contributed by atoms with Crippen molar-refractivity contribution < 1.29 is 113 Å². The molecule has 3 saturated heterocycles. The molecule has 11 N–H and O–H groups in total. The SMILES string of the molecule is COC1CC(C2OC3CC(O[C@@H]4O[C@H](COC(=O)CC(=O)O)[C@@H](O)[C@H](O)[C@H]4O)CC(O)C3CC2O[C@@H]2O[C@H](COC(=O)CC(=O)O)[C@@H](O)[C@H](O)[C@H]2O)CC(O)C1O. The molecule has 2 aliphatic carbocycles. The lowest BCUT2D eigenvalue weighted by Gasteiger charge is -2.52. The number of fused-ring (bicyclic) bond motifs is 1. The number of hydrogen-bond acceptors (Lipinski definition) is 21. The number of carboxylic acid groups (broad SMARTS) is 2. The van der Waals surface area contributed by atoms with Crippen LogP contribution in [0.2, 0.25) is 0 Å². The summed E-state index contributed by atoms with van der Waals surface area (Å²) in [7, 11) is 1.35. The highest BCUT2D eigenvalue weighted by Gasteiger charge is 2.54. The summed E-state index contributed by atoms with van der Waals surface area (Å²) in [5.74, 6) is -6.49. The van der Waals surface area contributed by atoms with Gasteiger partial charge in [0, 0.05) is 25.9 Å². The maximum absolute atomic E-state index is 11.8. The molecule has 57 heavy (non-hydrogen) atoms. The van der Waals surface area contributed by atoms with Crippen molar-refractivity contribution in [1.82, 2.24) is 0 Å². The molecular weight excluding hydrogens is 776 g/mol. The van der Waals surface area contributed by atoms with Gasteiger partial charge in [-0.2, -0.15) is 0 Å². The monoisotopic (exact) mass is 828 g/mol. The van der Waals surface area contributed by atoms with Crippen molar-refractivity contribution in [1.29, 1.82) is 0 Å². The summed E-state index contributed by atoms with van der Waals surface area (Å²) in [5, 5.41) is 114. The van der Waals surface area contributed by atoms with E-state index in [1.807, 2.05) is 0 Å². The Kier molecular flexibility index (Phi) is 15.6. The predicted octanol–water partition coefficient (Wildman–Crippen LogP) is -5.52. The molecule has 0 aromatic carbocycles. The Hall–Kier alpha value is -2.72. The molecule has 5 aliphatic rings. The third-order valence-electron chi connectivity index (χ3n) is 11.2. The molecule has 0 aromatic rings. The molecule has 23 heteroatoms. The van der Waals surface area contributed by atoms with Crippen molar-refractivity contribution in [2.24, 2.45) is 11.8 Å². The van der Waals surface area contributed by atoms with Crippen LogP contribution in [0.3, 0.4) is 0 Å². The van der Waals surface area contributed by atoms with Gasteiger partial charge in [-0.15, -0.1) is 0 Å². The lowest BCUT2D eigenvalue weighted by atomic mass is 9.72. The topological polar surface area (TPSA) is 365 Å². The minimum atomic E-state index is -1.88. The van der Waals surface area contributed by atoms with E-state index in [0.717, 1.165) is 0 Å². The summed E-state index contributed by atoms with van der Waals surface area (Å²) in [6, 6.07) is 0. The average molecular weight is 829 g/mol. The average Bonchev–Trinajstić information content (AvgIpc) is 3.14. The van der Waals surface area contributed by atoms with Crippen LogP contribution in [0.15, 0.2) is 0 Å². The highest BCUT2D eigenvalue weighted by Crippen LogP contribution is 2.44. The van der Waals surface area contributed by atoms with E-state index in [9.17, 15) is 65.1 Å². The Balaban J connectivity index is 1.31. The van der Waals surface area contributed by atoms with Gasteiger partial charge in [0.15, 0.2) is 12.6 Å². The predicted molar refractivity (Wildman–Crippen MR) is 177 cm³/mol. The molecule has 2 saturated carbocycles. The highest BCUT2D eigenvalue weighted by molar-refractivity contribution is 5.90. The standard InChI is InChI=1S/C34H52O23/c1-50-17-3-11(2-15(36)25(17)43)32-18(55-34-31(49)29(47)27(45)20(57-34)10-52-24(42)8-22(39)40)6-13-14(35)4-12(5-16(13)54-32)53-33-30(48)28(46)26(44)19(56-33)9-51-23(41)7-21(37)38/h11-20,25-36,43-49H,2-10H2,1H3,(H,37,38)(H,39,40)/t11?,12?,13?,14?,15?,16?,17?,18?,19-,20-,25?,26-,27-,28+,29+,30-,31-,32?,33-,34-/m1/s1. The summed E-state index contributed by atoms with van der Waals surface area (Å²) < 4.78 is 45.2. The van der Waals surface area contributed by atoms with Crippen LogP contribution in [0.4, 0.5) is 0 Å². The van der Waals surface area contributed by atoms with Crippen LogP contribution in [0, 0.1) is 11.8 Å². The quantitative estimate of drug-likeness (QED) is 0.0574. The van der Waals surface area contributed by atoms with Crippen LogP contribution in [0.1, 0.15) is 44.9 Å². The second-order valence-corrected chi connectivity index (χ2v) is 15.1. The maximum Gasteiger partial charge on any atom is 0.317 e. The van der Waals surface area contributed by atoms with E-state index < -0.39 is 172 Å². The molecule has 10 unspecified atom stereocenters. The number of methoxy groups -OCH3 is 1. The number of aliphatic carboxylic acids is 2. The van der Waals surface area contributed by atoms with E-state index in [0.29, 0.717) is 0 Å². The highest BCUT2D eigenvalue weighted by atomic mass is 16.7. The van der Waals surface area contributed by atoms with Gasteiger partial charge in [-0.25, -0.2) is 0 Å². The third-order valence-corrected chi connectivity index (χ3v) is 11.2. The zero-order valence-corrected chi connectivity index (χ0v) is 30.7. The molecule has 0 spiro atoms. The number of rotatable bonds is 14. The molecule has 326 valence electrons. The number of esters is 2. The van der Waals surface area contributed by atoms with E-state index in [-0.39, 0.29) is 32.1 Å². The van der Waals surface area contributed by atoms with Gasteiger partial charge in [0.25, 0.3) is 0 Å². The van der Waals surface area contributed by atoms with Crippen LogP contribution in [0.5, 0.6) is 0 Å². The third kappa shape index (κ3) is 10.9. The molecule has 5 fully saturated rings. The Bertz CT molecular complexity index is 1380. The molecule has 0 amide bonds. The van der Waals surface area contributed by atoms with Crippen LogP contribution in [-0.2, 0) is 57.1 Å². The number of aliphatic hydroxyl groups is 9. The lowest BCUT2D eigenvalue weighted by Crippen LogP contribution is -2.63. The molecule has 3 aliphatic heterocycles. The first-order valence-corrected chi connectivity index (χ1v) is 18.6. The van der Waals surface area contributed by atoms with Gasteiger partial charge in [0.2, 0.25) is 0 Å². The normalized spacial score (nSPS) is 45.0. The Morgan fingerprint density at radius 1 is 0.561 bits per heavy atom. The summed E-state index contributed by atoms with van der Waals surface area (Å²) in [5.41, 5.74) is 0. The summed E-state index contributed by atoms with van der Waals surface area (Å²) in [6.07, 6.45) is -27.2. The number of carboxylic acids is 2. The minimum absolute atomic E-state index is 0.0102. The van der Waals surface area contributed by atoms with Crippen molar-refractivity contribution in [3.63, 3.8) is 0 Å². The Labute approximate surface area is 324 Å². The van der Waals surface area contributed by atoms with Gasteiger partial charge < -0.3 is 94.1 Å². The molecule has 3 heterocycles. The smallest absolute Gasteiger partial charge is 0.317 e. The van der Waals surface area contributed by atoms with Gasteiger partial charge in [-0.1, -0.05) is 0 Å². The summed E-state index contributed by atoms with van der Waals surface area (Å²) >= 11 is 0. The Morgan fingerprint density at radius 3 is 1.60 bits per heavy atom. The zero-order valence-electron chi connectivity index (χ0n) is 30.7. The van der Waals surface area contributed by atoms with Crippen molar-refractivity contribution in [3.05, 3.63) is 0 Å². The van der Waals surface area contributed by atoms with Crippen LogP contribution in [-0.4, -0.2) is 211 Å². The van der Waals surface area contributed by atoms with Crippen molar-refractivity contribution in [3.8, 4) is 0 Å². The van der Waals surface area contributed by atoms with Gasteiger partial charge in [0.05, 0.1) is 42.7 Å². The summed E-state index contributed by atoms with van der Waals surface area (Å²) in [4.78, 5) is 45.3. The van der Waals surface area contributed by atoms with E-state index in [1.165, 1.54) is 7.11 Å². The van der Waals surface area contributed by atoms with Gasteiger partial charge in [-0.05, 0) is 25.2 Å². The number of carbonyl (C=O) groups excluding carboxylic acids is 2. The van der Waals surface area contributed by atoms with Crippen LogP contribution >= 0.6 is 0 Å². The molecule has 0 aromatic heterocycles. The molecular formula is C34H52O23. The van der Waals surface area contributed by atoms with Crippen molar-refractivity contribution in [2.45, 2.75) is 155 Å². The molecule has 23 nitrogen and oxygen atoms in total. The number of ether oxygens (including phenoxy) is 8. The van der Waals surface area contributed by atoms with Crippen LogP contribution in [0.25, 0.3) is 0 Å². The number of hydrogen-bond donors (Lipinski definition) is 11. The second-order valence-electron chi connectivity index (χ2n) is 15.1. The minimum Gasteiger partial charge on any atom is -0.481 e. The molecule has 0 bridgehead atoms. The lowest BCUT2D eigenvalue weighted by molar-refractivity contribution is -0.339. The zero-order chi connectivity index (χ0) is 41.9. The van der Waals surface area contributed by atoms with E-state index in [4.69, 9.17) is 48.1 Å². The van der Waals surface area contributed by atoms with E-state index in [2.05, 4.69) is 0 Å². The fourth-order valence-electron chi connectivity index (χ4n) is 8.17. The van der Waals surface area contributed by atoms with Crippen LogP contribution < -0.4 is 0 Å². The fourth-order valence-corrected chi connectivity index (χ4v) is 8.17. The van der Waals surface area contributed by atoms with Gasteiger partial charge in [-0.3, -0.25) is 19.2 Å². The van der Waals surface area contributed by atoms with E-state index >= 15 is 0 Å². The van der Waals surface area contributed by atoms with Crippen molar-refractivity contribution >= 4 is 23.9 Å². The largest absolute Gasteiger partial charge is 0.481 e. The fraction of sp³-hybridized carbons (Fsp3) is 0.882. The molecule has 0 radical (unpaired) electrons. The van der Waals surface area contributed by atoms with Gasteiger partial charge in [0.1, 0.15) is 81.0 Å². The number of aliphatic hydroxyl groups excluding tert-OH is 9. The molecule has 20 atom stereocenters. The molecule has 5 rings (SSSR count). The van der Waals surface area contributed by atoms with E-state index in [1.54, 1.807) is 0 Å². The van der Waals surface area contributed by atoms with Gasteiger partial charge >= 0.3 is 23.9 Å². The first-order chi connectivity index (χ1) is 26.9. The Morgan fingerprint density at radius 2 is 1.09 bits per heavy atom. The first-order valence-electron chi connectivity index (χ1n) is 18.6.